The molecule has 0 saturated heterocycles. The topological polar surface area (TPSA) is 75.1 Å². The molecule has 5 nitrogen and oxygen atoms in total. The molecule has 1 aliphatic carbocycles. The Morgan fingerprint density at radius 3 is 3.05 bits per heavy atom. The number of pyridine rings is 2. The third-order valence-corrected chi connectivity index (χ3v) is 3.56. The number of carbonyl (C=O) groups excluding carboxylic acids is 1. The lowest BCUT2D eigenvalue weighted by atomic mass is 10.1. The molecule has 2 aromatic heterocycles. The number of aromatic nitrogens is 2. The fourth-order valence-corrected chi connectivity index (χ4v) is 2.52. The van der Waals surface area contributed by atoms with Crippen LogP contribution < -0.4 is 5.32 Å². The van der Waals surface area contributed by atoms with Crippen LogP contribution in [-0.4, -0.2) is 27.5 Å². The molecule has 2 N–H and O–H groups in total. The minimum atomic E-state index is -0.227. The van der Waals surface area contributed by atoms with Crippen molar-refractivity contribution in [2.24, 2.45) is 0 Å². The highest BCUT2D eigenvalue weighted by atomic mass is 16.3. The SMILES string of the molecule is O=C(NCC1CCc2cccnc21)c1ccc(O)cn1. The molecular weight excluding hydrogens is 254 g/mol. The van der Waals surface area contributed by atoms with Gasteiger partial charge in [-0.1, -0.05) is 6.07 Å². The van der Waals surface area contributed by atoms with Crippen molar-refractivity contribution in [3.8, 4) is 5.75 Å². The summed E-state index contributed by atoms with van der Waals surface area (Å²) in [6, 6.07) is 6.99. The van der Waals surface area contributed by atoms with Crippen LogP contribution in [0.5, 0.6) is 5.75 Å². The van der Waals surface area contributed by atoms with Crippen molar-refractivity contribution in [3.63, 3.8) is 0 Å². The standard InChI is InChI=1S/C15H15N3O2/c19-12-5-6-13(17-9-12)15(20)18-8-11-4-3-10-2-1-7-16-14(10)11/h1-2,5-7,9,11,19H,3-4,8H2,(H,18,20). The Hall–Kier alpha value is -2.43. The third kappa shape index (κ3) is 2.47. The van der Waals surface area contributed by atoms with E-state index in [0.717, 1.165) is 18.5 Å². The Bertz CT molecular complexity index is 625. The van der Waals surface area contributed by atoms with Crippen LogP contribution >= 0.6 is 0 Å². The van der Waals surface area contributed by atoms with Crippen molar-refractivity contribution < 1.29 is 9.90 Å². The van der Waals surface area contributed by atoms with Gasteiger partial charge in [0.05, 0.1) is 6.20 Å². The van der Waals surface area contributed by atoms with Crippen molar-refractivity contribution >= 4 is 5.91 Å². The monoisotopic (exact) mass is 269 g/mol. The van der Waals surface area contributed by atoms with E-state index in [1.54, 1.807) is 6.20 Å². The highest BCUT2D eigenvalue weighted by Crippen LogP contribution is 2.30. The van der Waals surface area contributed by atoms with Gasteiger partial charge in [-0.3, -0.25) is 9.78 Å². The number of hydrogen-bond donors (Lipinski definition) is 2. The molecule has 5 heteroatoms. The van der Waals surface area contributed by atoms with E-state index in [0.29, 0.717) is 12.2 Å². The van der Waals surface area contributed by atoms with E-state index in [2.05, 4.69) is 21.4 Å². The fraction of sp³-hybridized carbons (Fsp3) is 0.267. The van der Waals surface area contributed by atoms with Gasteiger partial charge in [-0.05, 0) is 36.6 Å². The number of hydrogen-bond acceptors (Lipinski definition) is 4. The Labute approximate surface area is 116 Å². The maximum Gasteiger partial charge on any atom is 0.269 e. The van der Waals surface area contributed by atoms with Gasteiger partial charge < -0.3 is 10.4 Å². The van der Waals surface area contributed by atoms with Gasteiger partial charge in [0.2, 0.25) is 0 Å². The second-order valence-electron chi connectivity index (χ2n) is 4.90. The maximum atomic E-state index is 11.9. The normalized spacial score (nSPS) is 16.7. The minimum absolute atomic E-state index is 0.0514. The predicted octanol–water partition coefficient (Wildman–Crippen LogP) is 1.64. The number of aromatic hydroxyl groups is 1. The molecular formula is C15H15N3O2. The second kappa shape index (κ2) is 5.28. The van der Waals surface area contributed by atoms with Crippen molar-refractivity contribution in [1.82, 2.24) is 15.3 Å². The molecule has 1 unspecified atom stereocenters. The lowest BCUT2D eigenvalue weighted by molar-refractivity contribution is 0.0946. The van der Waals surface area contributed by atoms with Gasteiger partial charge in [0.1, 0.15) is 11.4 Å². The molecule has 20 heavy (non-hydrogen) atoms. The van der Waals surface area contributed by atoms with E-state index in [1.165, 1.54) is 23.9 Å². The van der Waals surface area contributed by atoms with Gasteiger partial charge in [0.25, 0.3) is 5.91 Å². The van der Waals surface area contributed by atoms with E-state index in [4.69, 9.17) is 5.11 Å². The third-order valence-electron chi connectivity index (χ3n) is 3.56. The van der Waals surface area contributed by atoms with Gasteiger partial charge in [-0.2, -0.15) is 0 Å². The molecule has 2 heterocycles. The van der Waals surface area contributed by atoms with Crippen LogP contribution in [0.2, 0.25) is 0 Å². The molecule has 0 fully saturated rings. The number of nitrogens with zero attached hydrogens (tertiary/aromatic N) is 2. The molecule has 2 aromatic rings. The fourth-order valence-electron chi connectivity index (χ4n) is 2.52. The van der Waals surface area contributed by atoms with Crippen LogP contribution in [0.15, 0.2) is 36.7 Å². The van der Waals surface area contributed by atoms with E-state index in [-0.39, 0.29) is 17.6 Å². The second-order valence-corrected chi connectivity index (χ2v) is 4.90. The van der Waals surface area contributed by atoms with Gasteiger partial charge in [0, 0.05) is 24.4 Å². The molecule has 0 bridgehead atoms. The summed E-state index contributed by atoms with van der Waals surface area (Å²) in [4.78, 5) is 20.2. The number of nitrogens with one attached hydrogen (secondary N) is 1. The minimum Gasteiger partial charge on any atom is -0.506 e. The van der Waals surface area contributed by atoms with E-state index >= 15 is 0 Å². The molecule has 0 saturated carbocycles. The smallest absolute Gasteiger partial charge is 0.269 e. The molecule has 1 atom stereocenters. The van der Waals surface area contributed by atoms with Crippen LogP contribution in [0.3, 0.4) is 0 Å². The van der Waals surface area contributed by atoms with Crippen LogP contribution in [0.4, 0.5) is 0 Å². The molecule has 0 spiro atoms. The average Bonchev–Trinajstić information content (AvgIpc) is 2.89. The summed E-state index contributed by atoms with van der Waals surface area (Å²) in [5.41, 5.74) is 2.67. The maximum absolute atomic E-state index is 11.9. The summed E-state index contributed by atoms with van der Waals surface area (Å²) in [5.74, 6) is 0.0946. The Morgan fingerprint density at radius 1 is 1.35 bits per heavy atom. The summed E-state index contributed by atoms with van der Waals surface area (Å²) in [6.45, 7) is 0.561. The summed E-state index contributed by atoms with van der Waals surface area (Å²) in [7, 11) is 0. The number of fused-ring (bicyclic) bond motifs is 1. The molecule has 0 aromatic carbocycles. The first-order valence-electron chi connectivity index (χ1n) is 6.61. The van der Waals surface area contributed by atoms with E-state index in [9.17, 15) is 4.79 Å². The van der Waals surface area contributed by atoms with Gasteiger partial charge in [-0.15, -0.1) is 0 Å². The molecule has 0 radical (unpaired) electrons. The quantitative estimate of drug-likeness (QED) is 0.888. The highest BCUT2D eigenvalue weighted by molar-refractivity contribution is 5.92. The summed E-state index contributed by atoms with van der Waals surface area (Å²) in [5, 5.41) is 12.0. The first kappa shape index (κ1) is 12.6. The van der Waals surface area contributed by atoms with Crippen molar-refractivity contribution in [2.45, 2.75) is 18.8 Å². The van der Waals surface area contributed by atoms with Crippen molar-refractivity contribution in [1.29, 1.82) is 0 Å². The van der Waals surface area contributed by atoms with Gasteiger partial charge in [0.15, 0.2) is 0 Å². The number of rotatable bonds is 3. The first-order chi connectivity index (χ1) is 9.74. The van der Waals surface area contributed by atoms with Crippen LogP contribution in [0.25, 0.3) is 0 Å². The number of aryl methyl sites for hydroxylation is 1. The largest absolute Gasteiger partial charge is 0.506 e. The molecule has 0 aliphatic heterocycles. The Kier molecular flexibility index (Phi) is 3.33. The van der Waals surface area contributed by atoms with Crippen molar-refractivity contribution in [2.75, 3.05) is 6.54 Å². The average molecular weight is 269 g/mol. The Morgan fingerprint density at radius 2 is 2.25 bits per heavy atom. The van der Waals surface area contributed by atoms with E-state index < -0.39 is 0 Å². The lowest BCUT2D eigenvalue weighted by Crippen LogP contribution is -2.28. The van der Waals surface area contributed by atoms with Crippen molar-refractivity contribution in [3.05, 3.63) is 53.6 Å². The zero-order chi connectivity index (χ0) is 13.9. The lowest BCUT2D eigenvalue weighted by Gasteiger charge is -2.11. The molecule has 102 valence electrons. The van der Waals surface area contributed by atoms with Gasteiger partial charge >= 0.3 is 0 Å². The van der Waals surface area contributed by atoms with Crippen LogP contribution in [0, 0.1) is 0 Å². The van der Waals surface area contributed by atoms with Gasteiger partial charge in [-0.25, -0.2) is 4.98 Å². The number of amides is 1. The number of carbonyl (C=O) groups is 1. The zero-order valence-corrected chi connectivity index (χ0v) is 10.9. The molecule has 3 rings (SSSR count). The van der Waals surface area contributed by atoms with Crippen LogP contribution in [0.1, 0.15) is 34.1 Å². The Balaban J connectivity index is 1.63. The van der Waals surface area contributed by atoms with E-state index in [1.807, 2.05) is 6.07 Å². The van der Waals surface area contributed by atoms with Crippen LogP contribution in [-0.2, 0) is 6.42 Å². The summed E-state index contributed by atoms with van der Waals surface area (Å²) in [6.07, 6.45) is 5.08. The predicted molar refractivity (Wildman–Crippen MR) is 73.5 cm³/mol. The molecule has 1 amide bonds. The zero-order valence-electron chi connectivity index (χ0n) is 10.9. The summed E-state index contributed by atoms with van der Waals surface area (Å²) < 4.78 is 0. The molecule has 1 aliphatic rings. The highest BCUT2D eigenvalue weighted by Gasteiger charge is 2.24. The summed E-state index contributed by atoms with van der Waals surface area (Å²) >= 11 is 0. The first-order valence-corrected chi connectivity index (χ1v) is 6.61.